The molecule has 0 atom stereocenters. The van der Waals surface area contributed by atoms with Gasteiger partial charge in [-0.3, -0.25) is 4.79 Å². The van der Waals surface area contributed by atoms with Gasteiger partial charge in [0.25, 0.3) is 5.91 Å². The summed E-state index contributed by atoms with van der Waals surface area (Å²) in [5.41, 5.74) is 2.73. The number of hydrogen-bond donors (Lipinski definition) is 1. The van der Waals surface area contributed by atoms with Crippen LogP contribution in [-0.4, -0.2) is 5.91 Å². The Kier molecular flexibility index (Phi) is 3.60. The van der Waals surface area contributed by atoms with Crippen molar-refractivity contribution < 1.29 is 4.79 Å². The summed E-state index contributed by atoms with van der Waals surface area (Å²) in [6.45, 7) is 2.02. The number of benzene rings is 1. The Hall–Kier alpha value is -0.880. The van der Waals surface area contributed by atoms with Crippen LogP contribution in [0.5, 0.6) is 0 Å². The van der Waals surface area contributed by atoms with Crippen molar-refractivity contribution >= 4 is 45.5 Å². The predicted molar refractivity (Wildman–Crippen MR) is 76.2 cm³/mol. The predicted octanol–water partition coefficient (Wildman–Crippen LogP) is 3.91. The number of carbonyl (C=O) groups excluding carboxylic acids is 1. The first-order valence-corrected chi connectivity index (χ1v) is 6.73. The molecule has 0 unspecified atom stereocenters. The molecule has 0 saturated carbocycles. The molecule has 1 aromatic heterocycles. The van der Waals surface area contributed by atoms with Crippen LogP contribution in [0.2, 0.25) is 0 Å². The highest BCUT2D eigenvalue weighted by Gasteiger charge is 2.07. The van der Waals surface area contributed by atoms with Gasteiger partial charge in [-0.1, -0.05) is 17.7 Å². The van der Waals surface area contributed by atoms with Crippen LogP contribution in [0.25, 0.3) is 0 Å². The van der Waals surface area contributed by atoms with E-state index in [4.69, 9.17) is 0 Å². The van der Waals surface area contributed by atoms with E-state index in [1.54, 1.807) is 11.3 Å². The van der Waals surface area contributed by atoms with Gasteiger partial charge in [0.15, 0.2) is 0 Å². The molecule has 1 heterocycles. The van der Waals surface area contributed by atoms with Crippen LogP contribution >= 0.6 is 33.9 Å². The Morgan fingerprint density at radius 2 is 2.00 bits per heavy atom. The molecule has 0 aliphatic rings. The van der Waals surface area contributed by atoms with Gasteiger partial charge in [0.05, 0.1) is 8.45 Å². The van der Waals surface area contributed by atoms with Crippen molar-refractivity contribution in [1.29, 1.82) is 0 Å². The monoisotopic (exact) mass is 343 g/mol. The van der Waals surface area contributed by atoms with Crippen LogP contribution in [0.4, 0.5) is 5.69 Å². The van der Waals surface area contributed by atoms with E-state index >= 15 is 0 Å². The van der Waals surface area contributed by atoms with Gasteiger partial charge >= 0.3 is 0 Å². The molecule has 1 N–H and O–H groups in total. The second-order valence-electron chi connectivity index (χ2n) is 3.46. The molecule has 0 fully saturated rings. The van der Waals surface area contributed by atoms with Crippen LogP contribution < -0.4 is 5.32 Å². The summed E-state index contributed by atoms with van der Waals surface area (Å²) in [5.74, 6) is -0.0528. The van der Waals surface area contributed by atoms with E-state index in [0.717, 1.165) is 14.1 Å². The molecular weight excluding hydrogens is 333 g/mol. The third-order valence-corrected chi connectivity index (χ3v) is 3.93. The number of anilines is 1. The van der Waals surface area contributed by atoms with Crippen LogP contribution in [0.3, 0.4) is 0 Å². The van der Waals surface area contributed by atoms with E-state index in [-0.39, 0.29) is 5.91 Å². The Balaban J connectivity index is 2.10. The summed E-state index contributed by atoms with van der Waals surface area (Å²) in [4.78, 5) is 11.8. The summed E-state index contributed by atoms with van der Waals surface area (Å²) in [7, 11) is 0. The number of halogens is 1. The molecule has 0 bridgehead atoms. The van der Waals surface area contributed by atoms with E-state index in [0.29, 0.717) is 0 Å². The Bertz CT molecular complexity index is 504. The Morgan fingerprint density at radius 1 is 1.31 bits per heavy atom. The van der Waals surface area contributed by atoms with Crippen molar-refractivity contribution in [2.24, 2.45) is 0 Å². The fraction of sp³-hybridized carbons (Fsp3) is 0.0833. The van der Waals surface area contributed by atoms with Gasteiger partial charge in [0.2, 0.25) is 0 Å². The number of amides is 1. The minimum Gasteiger partial charge on any atom is -0.322 e. The summed E-state index contributed by atoms with van der Waals surface area (Å²) >= 11 is 3.78. The first kappa shape index (κ1) is 11.6. The summed E-state index contributed by atoms with van der Waals surface area (Å²) < 4.78 is 1.12. The number of carbonyl (C=O) groups is 1. The van der Waals surface area contributed by atoms with Crippen LogP contribution in [-0.2, 0) is 0 Å². The number of hydrogen-bond acceptors (Lipinski definition) is 2. The summed E-state index contributed by atoms with van der Waals surface area (Å²) in [6.07, 6.45) is 0. The average Bonchev–Trinajstić information content (AvgIpc) is 2.68. The molecule has 2 aromatic rings. The van der Waals surface area contributed by atoms with Crippen molar-refractivity contribution in [2.45, 2.75) is 6.92 Å². The average molecular weight is 343 g/mol. The smallest absolute Gasteiger partial charge is 0.256 e. The standard InChI is InChI=1S/C12H10INOS/c1-8-2-4-10(5-3-8)14-12(15)9-6-11(13)16-7-9/h2-7H,1H3,(H,14,15). The topological polar surface area (TPSA) is 29.1 Å². The SMILES string of the molecule is Cc1ccc(NC(=O)c2csc(I)c2)cc1. The summed E-state index contributed by atoms with van der Waals surface area (Å²) in [6, 6.07) is 9.66. The van der Waals surface area contributed by atoms with E-state index < -0.39 is 0 Å². The summed E-state index contributed by atoms with van der Waals surface area (Å²) in [5, 5.41) is 4.73. The highest BCUT2D eigenvalue weighted by molar-refractivity contribution is 14.1. The lowest BCUT2D eigenvalue weighted by Crippen LogP contribution is -2.10. The van der Waals surface area contributed by atoms with Crippen molar-refractivity contribution in [1.82, 2.24) is 0 Å². The first-order valence-electron chi connectivity index (χ1n) is 4.77. The molecule has 0 aliphatic carbocycles. The molecule has 2 rings (SSSR count). The number of rotatable bonds is 2. The van der Waals surface area contributed by atoms with Crippen molar-refractivity contribution in [3.8, 4) is 0 Å². The van der Waals surface area contributed by atoms with Crippen molar-refractivity contribution in [2.75, 3.05) is 5.32 Å². The molecule has 0 radical (unpaired) electrons. The van der Waals surface area contributed by atoms with E-state index in [9.17, 15) is 4.79 Å². The highest BCUT2D eigenvalue weighted by Crippen LogP contribution is 2.18. The second kappa shape index (κ2) is 4.97. The Labute approximate surface area is 112 Å². The fourth-order valence-electron chi connectivity index (χ4n) is 1.27. The molecule has 82 valence electrons. The van der Waals surface area contributed by atoms with Gasteiger partial charge in [-0.2, -0.15) is 0 Å². The third-order valence-electron chi connectivity index (χ3n) is 2.14. The maximum Gasteiger partial charge on any atom is 0.256 e. The van der Waals surface area contributed by atoms with Crippen molar-refractivity contribution in [3.63, 3.8) is 0 Å². The van der Waals surface area contributed by atoms with Gasteiger partial charge in [-0.05, 0) is 47.7 Å². The quantitative estimate of drug-likeness (QED) is 0.823. The number of thiophene rings is 1. The maximum absolute atomic E-state index is 11.8. The van der Waals surface area contributed by atoms with E-state index in [2.05, 4.69) is 27.9 Å². The lowest BCUT2D eigenvalue weighted by atomic mass is 10.2. The molecule has 0 aliphatic heterocycles. The zero-order valence-electron chi connectivity index (χ0n) is 8.66. The normalized spacial score (nSPS) is 10.1. The molecule has 4 heteroatoms. The molecule has 16 heavy (non-hydrogen) atoms. The minimum absolute atomic E-state index is 0.0528. The van der Waals surface area contributed by atoms with Gasteiger partial charge < -0.3 is 5.32 Å². The largest absolute Gasteiger partial charge is 0.322 e. The zero-order chi connectivity index (χ0) is 11.5. The van der Waals surface area contributed by atoms with Crippen LogP contribution in [0.15, 0.2) is 35.7 Å². The first-order chi connectivity index (χ1) is 7.65. The lowest BCUT2D eigenvalue weighted by molar-refractivity contribution is 0.102. The maximum atomic E-state index is 11.8. The molecule has 0 spiro atoms. The minimum atomic E-state index is -0.0528. The van der Waals surface area contributed by atoms with Gasteiger partial charge in [-0.25, -0.2) is 0 Å². The molecule has 0 saturated heterocycles. The fourth-order valence-corrected chi connectivity index (χ4v) is 2.60. The van der Waals surface area contributed by atoms with Gasteiger partial charge in [-0.15, -0.1) is 11.3 Å². The van der Waals surface area contributed by atoms with Gasteiger partial charge in [0.1, 0.15) is 0 Å². The zero-order valence-corrected chi connectivity index (χ0v) is 11.6. The second-order valence-corrected chi connectivity index (χ2v) is 6.27. The van der Waals surface area contributed by atoms with E-state index in [1.165, 1.54) is 5.56 Å². The lowest BCUT2D eigenvalue weighted by Gasteiger charge is -2.03. The molecule has 1 amide bonds. The molecule has 1 aromatic carbocycles. The third kappa shape index (κ3) is 2.82. The number of aryl methyl sites for hydroxylation is 1. The Morgan fingerprint density at radius 3 is 2.56 bits per heavy atom. The van der Waals surface area contributed by atoms with Crippen LogP contribution in [0, 0.1) is 9.81 Å². The van der Waals surface area contributed by atoms with Crippen LogP contribution in [0.1, 0.15) is 15.9 Å². The van der Waals surface area contributed by atoms with Crippen molar-refractivity contribution in [3.05, 3.63) is 49.7 Å². The van der Waals surface area contributed by atoms with Gasteiger partial charge in [0, 0.05) is 11.1 Å². The number of nitrogens with one attached hydrogen (secondary N) is 1. The van der Waals surface area contributed by atoms with E-state index in [1.807, 2.05) is 42.6 Å². The highest BCUT2D eigenvalue weighted by atomic mass is 127. The molecular formula is C12H10INOS. The molecule has 2 nitrogen and oxygen atoms in total.